The molecule has 0 bridgehead atoms. The Morgan fingerprint density at radius 2 is 1.71 bits per heavy atom. The van der Waals surface area contributed by atoms with Gasteiger partial charge in [-0.2, -0.15) is 17.0 Å². The second-order valence-corrected chi connectivity index (χ2v) is 10.7. The predicted octanol–water partition coefficient (Wildman–Crippen LogP) is 1.30. The quantitative estimate of drug-likeness (QED) is 0.738. The van der Waals surface area contributed by atoms with E-state index in [-0.39, 0.29) is 5.56 Å². The molecule has 0 aromatic carbocycles. The number of hydrogen-bond donors (Lipinski definition) is 0. The summed E-state index contributed by atoms with van der Waals surface area (Å²) in [4.78, 5) is 20.9. The van der Waals surface area contributed by atoms with Gasteiger partial charge in [0, 0.05) is 56.4 Å². The van der Waals surface area contributed by atoms with Crippen molar-refractivity contribution in [3.05, 3.63) is 33.2 Å². The van der Waals surface area contributed by atoms with Gasteiger partial charge in [-0.3, -0.25) is 14.1 Å². The smallest absolute Gasteiger partial charge is 0.282 e. The number of aryl methyl sites for hydroxylation is 1. The van der Waals surface area contributed by atoms with E-state index in [1.807, 2.05) is 13.1 Å². The summed E-state index contributed by atoms with van der Waals surface area (Å²) in [5, 5.41) is 0. The number of fused-ring (bicyclic) bond motifs is 1. The van der Waals surface area contributed by atoms with Gasteiger partial charge in [0.25, 0.3) is 15.8 Å². The van der Waals surface area contributed by atoms with Crippen LogP contribution in [0.1, 0.15) is 36.3 Å². The lowest BCUT2D eigenvalue weighted by molar-refractivity contribution is 0.269. The molecule has 0 spiro atoms. The fourth-order valence-electron chi connectivity index (χ4n) is 3.96. The van der Waals surface area contributed by atoms with Crippen LogP contribution in [0.4, 0.5) is 0 Å². The molecule has 0 N–H and O–H groups in total. The SMILES string of the molecule is Cc1cn2c(=O)cc(CN3CCCN(S(=O)(=O)N4CCCCC4)CC3)nc2s1. The summed E-state index contributed by atoms with van der Waals surface area (Å²) >= 11 is 1.51. The lowest BCUT2D eigenvalue weighted by Gasteiger charge is -2.31. The maximum atomic E-state index is 12.9. The first-order valence-corrected chi connectivity index (χ1v) is 12.1. The molecule has 0 radical (unpaired) electrons. The van der Waals surface area contributed by atoms with Crippen LogP contribution in [0.25, 0.3) is 4.96 Å². The highest BCUT2D eigenvalue weighted by Crippen LogP contribution is 2.19. The Bertz CT molecular complexity index is 994. The van der Waals surface area contributed by atoms with Crippen LogP contribution < -0.4 is 5.56 Å². The van der Waals surface area contributed by atoms with Gasteiger partial charge in [-0.05, 0) is 32.7 Å². The van der Waals surface area contributed by atoms with Crippen molar-refractivity contribution in [2.45, 2.75) is 39.2 Å². The first kappa shape index (κ1) is 20.0. The molecular weight excluding hydrogens is 398 g/mol. The molecule has 2 aromatic rings. The van der Waals surface area contributed by atoms with Crippen molar-refractivity contribution < 1.29 is 8.42 Å². The molecule has 2 aliphatic heterocycles. The molecule has 154 valence electrons. The van der Waals surface area contributed by atoms with Crippen LogP contribution in [0, 0.1) is 6.92 Å². The summed E-state index contributed by atoms with van der Waals surface area (Å²) in [5.41, 5.74) is 0.688. The van der Waals surface area contributed by atoms with Crippen LogP contribution in [0.5, 0.6) is 0 Å². The molecule has 0 atom stereocenters. The second kappa shape index (κ2) is 8.19. The van der Waals surface area contributed by atoms with Crippen molar-refractivity contribution in [2.75, 3.05) is 39.3 Å². The summed E-state index contributed by atoms with van der Waals surface area (Å²) < 4.78 is 30.7. The van der Waals surface area contributed by atoms with Crippen LogP contribution in [0.2, 0.25) is 0 Å². The van der Waals surface area contributed by atoms with E-state index >= 15 is 0 Å². The Labute approximate surface area is 169 Å². The topological polar surface area (TPSA) is 78.2 Å². The largest absolute Gasteiger partial charge is 0.296 e. The highest BCUT2D eigenvalue weighted by Gasteiger charge is 2.31. The lowest BCUT2D eigenvalue weighted by atomic mass is 10.2. The maximum absolute atomic E-state index is 12.9. The Morgan fingerprint density at radius 1 is 1.00 bits per heavy atom. The summed E-state index contributed by atoms with van der Waals surface area (Å²) in [7, 11) is -3.36. The molecule has 2 aromatic heterocycles. The van der Waals surface area contributed by atoms with Gasteiger partial charge in [0.05, 0.1) is 5.69 Å². The molecule has 0 unspecified atom stereocenters. The zero-order valence-electron chi connectivity index (χ0n) is 16.2. The zero-order chi connectivity index (χ0) is 19.7. The predicted molar refractivity (Wildman–Crippen MR) is 110 cm³/mol. The minimum absolute atomic E-state index is 0.0616. The average Bonchev–Trinajstić information content (AvgIpc) is 2.89. The number of thiazole rings is 1. The van der Waals surface area contributed by atoms with Gasteiger partial charge in [0.2, 0.25) is 0 Å². The molecule has 2 saturated heterocycles. The van der Waals surface area contributed by atoms with Gasteiger partial charge >= 0.3 is 0 Å². The highest BCUT2D eigenvalue weighted by molar-refractivity contribution is 7.86. The monoisotopic (exact) mass is 425 g/mol. The average molecular weight is 426 g/mol. The minimum Gasteiger partial charge on any atom is -0.296 e. The number of rotatable bonds is 4. The fourth-order valence-corrected chi connectivity index (χ4v) is 6.53. The Kier molecular flexibility index (Phi) is 5.84. The molecule has 4 rings (SSSR count). The van der Waals surface area contributed by atoms with Crippen LogP contribution in [-0.2, 0) is 16.8 Å². The minimum atomic E-state index is -3.36. The molecule has 2 fully saturated rings. The Hall–Kier alpha value is -1.33. The van der Waals surface area contributed by atoms with E-state index in [4.69, 9.17) is 0 Å². The van der Waals surface area contributed by atoms with Crippen LogP contribution in [-0.4, -0.2) is 70.6 Å². The lowest BCUT2D eigenvalue weighted by Crippen LogP contribution is -2.47. The molecule has 4 heterocycles. The molecular formula is C18H27N5O3S2. The number of nitrogens with zero attached hydrogens (tertiary/aromatic N) is 5. The van der Waals surface area contributed by atoms with E-state index in [9.17, 15) is 13.2 Å². The third-order valence-corrected chi connectivity index (χ3v) is 8.37. The normalized spacial score (nSPS) is 21.2. The zero-order valence-corrected chi connectivity index (χ0v) is 17.8. The van der Waals surface area contributed by atoms with Gasteiger partial charge in [0.15, 0.2) is 4.96 Å². The van der Waals surface area contributed by atoms with Crippen LogP contribution >= 0.6 is 11.3 Å². The van der Waals surface area contributed by atoms with E-state index in [0.29, 0.717) is 44.2 Å². The van der Waals surface area contributed by atoms with Crippen molar-refractivity contribution in [2.24, 2.45) is 0 Å². The molecule has 10 heteroatoms. The fraction of sp³-hybridized carbons (Fsp3) is 0.667. The summed E-state index contributed by atoms with van der Waals surface area (Å²) in [6.07, 6.45) is 5.61. The van der Waals surface area contributed by atoms with E-state index < -0.39 is 10.2 Å². The summed E-state index contributed by atoms with van der Waals surface area (Å²) in [6.45, 7) is 6.29. The van der Waals surface area contributed by atoms with Gasteiger partial charge < -0.3 is 0 Å². The summed E-state index contributed by atoms with van der Waals surface area (Å²) in [5.74, 6) is 0. The van der Waals surface area contributed by atoms with Gasteiger partial charge in [-0.15, -0.1) is 11.3 Å². The maximum Gasteiger partial charge on any atom is 0.282 e. The van der Waals surface area contributed by atoms with Crippen LogP contribution in [0.3, 0.4) is 0 Å². The van der Waals surface area contributed by atoms with Crippen molar-refractivity contribution in [1.29, 1.82) is 0 Å². The molecule has 28 heavy (non-hydrogen) atoms. The third-order valence-electron chi connectivity index (χ3n) is 5.44. The van der Waals surface area contributed by atoms with Gasteiger partial charge in [-0.1, -0.05) is 6.42 Å². The number of hydrogen-bond acceptors (Lipinski definition) is 6. The van der Waals surface area contributed by atoms with Crippen molar-refractivity contribution in [3.63, 3.8) is 0 Å². The Balaban J connectivity index is 1.43. The second-order valence-electron chi connectivity index (χ2n) is 7.58. The van der Waals surface area contributed by atoms with E-state index in [1.165, 1.54) is 11.3 Å². The number of piperidine rings is 1. The molecule has 0 aliphatic carbocycles. The highest BCUT2D eigenvalue weighted by atomic mass is 32.2. The standard InChI is InChI=1S/C18H27N5O3S2/c1-15-13-23-17(24)12-16(19-18(23)27-15)14-20-6-5-9-22(11-10-20)28(25,26)21-7-3-2-4-8-21/h12-13H,2-11,14H2,1H3. The number of aromatic nitrogens is 2. The molecule has 0 amide bonds. The third kappa shape index (κ3) is 4.16. The van der Waals surface area contributed by atoms with Crippen LogP contribution in [0.15, 0.2) is 17.1 Å². The van der Waals surface area contributed by atoms with Crippen molar-refractivity contribution in [3.8, 4) is 0 Å². The molecule has 8 nitrogen and oxygen atoms in total. The van der Waals surface area contributed by atoms with Gasteiger partial charge in [-0.25, -0.2) is 4.98 Å². The summed E-state index contributed by atoms with van der Waals surface area (Å²) in [6, 6.07) is 1.59. The van der Waals surface area contributed by atoms with E-state index in [1.54, 1.807) is 19.1 Å². The molecule has 0 saturated carbocycles. The van der Waals surface area contributed by atoms with Crippen molar-refractivity contribution >= 4 is 26.5 Å². The van der Waals surface area contributed by atoms with Crippen molar-refractivity contribution in [1.82, 2.24) is 22.9 Å². The first-order valence-electron chi connectivity index (χ1n) is 9.90. The first-order chi connectivity index (χ1) is 13.4. The Morgan fingerprint density at radius 3 is 2.50 bits per heavy atom. The van der Waals surface area contributed by atoms with E-state index in [0.717, 1.165) is 42.8 Å². The molecule has 2 aliphatic rings. The van der Waals surface area contributed by atoms with E-state index in [2.05, 4.69) is 9.88 Å². The van der Waals surface area contributed by atoms with Gasteiger partial charge in [0.1, 0.15) is 0 Å².